The molecule has 0 rings (SSSR count). The topological polar surface area (TPSA) is 78.9 Å². The first kappa shape index (κ1) is 75.9. The minimum Gasteiger partial charge on any atom is -0.462 e. The zero-order chi connectivity index (χ0) is 56.4. The lowest BCUT2D eigenvalue weighted by molar-refractivity contribution is -0.167. The Morgan fingerprint density at radius 3 is 0.731 bits per heavy atom. The van der Waals surface area contributed by atoms with E-state index in [1.807, 2.05) is 0 Å². The zero-order valence-electron chi connectivity index (χ0n) is 53.0. The van der Waals surface area contributed by atoms with E-state index in [1.54, 1.807) is 0 Å². The molecule has 0 spiro atoms. The molecule has 0 heterocycles. The summed E-state index contributed by atoms with van der Waals surface area (Å²) in [6.45, 7) is 6.68. The van der Waals surface area contributed by atoms with Gasteiger partial charge in [-0.2, -0.15) is 0 Å². The van der Waals surface area contributed by atoms with Crippen molar-refractivity contribution in [2.75, 3.05) is 13.2 Å². The molecule has 0 saturated heterocycles. The molecule has 0 N–H and O–H groups in total. The maximum Gasteiger partial charge on any atom is 0.306 e. The summed E-state index contributed by atoms with van der Waals surface area (Å²) in [5, 5.41) is 0. The summed E-state index contributed by atoms with van der Waals surface area (Å²) in [5.74, 6) is -0.852. The van der Waals surface area contributed by atoms with Gasteiger partial charge in [-0.3, -0.25) is 14.4 Å². The van der Waals surface area contributed by atoms with E-state index in [1.165, 1.54) is 283 Å². The fraction of sp³-hybridized carbons (Fsp3) is 0.903. The highest BCUT2D eigenvalue weighted by atomic mass is 16.6. The van der Waals surface area contributed by atoms with Crippen LogP contribution in [0.15, 0.2) is 24.3 Å². The number of allylic oxidation sites excluding steroid dienone is 4. The van der Waals surface area contributed by atoms with Crippen LogP contribution in [-0.2, 0) is 28.6 Å². The summed E-state index contributed by atoms with van der Waals surface area (Å²) in [6, 6.07) is 0. The van der Waals surface area contributed by atoms with Gasteiger partial charge >= 0.3 is 17.9 Å². The number of hydrogen-bond donors (Lipinski definition) is 0. The lowest BCUT2D eigenvalue weighted by Crippen LogP contribution is -2.30. The van der Waals surface area contributed by atoms with Crippen LogP contribution in [0.2, 0.25) is 0 Å². The first-order valence-corrected chi connectivity index (χ1v) is 35.3. The summed E-state index contributed by atoms with van der Waals surface area (Å²) >= 11 is 0. The molecule has 1 unspecified atom stereocenters. The van der Waals surface area contributed by atoms with Crippen LogP contribution in [0.25, 0.3) is 0 Å². The number of unbranched alkanes of at least 4 members (excludes halogenated alkanes) is 51. The van der Waals surface area contributed by atoms with E-state index >= 15 is 0 Å². The van der Waals surface area contributed by atoms with Gasteiger partial charge in [0.25, 0.3) is 0 Å². The van der Waals surface area contributed by atoms with Gasteiger partial charge in [0.2, 0.25) is 0 Å². The van der Waals surface area contributed by atoms with Crippen molar-refractivity contribution in [1.29, 1.82) is 0 Å². The van der Waals surface area contributed by atoms with E-state index in [-0.39, 0.29) is 31.1 Å². The molecule has 0 aromatic rings. The smallest absolute Gasteiger partial charge is 0.306 e. The van der Waals surface area contributed by atoms with Gasteiger partial charge in [-0.15, -0.1) is 0 Å². The Balaban J connectivity index is 4.17. The minimum absolute atomic E-state index is 0.0694. The van der Waals surface area contributed by atoms with Crippen molar-refractivity contribution >= 4 is 17.9 Å². The van der Waals surface area contributed by atoms with Gasteiger partial charge in [-0.25, -0.2) is 0 Å². The van der Waals surface area contributed by atoms with Crippen LogP contribution in [0.3, 0.4) is 0 Å². The van der Waals surface area contributed by atoms with Crippen molar-refractivity contribution in [3.05, 3.63) is 24.3 Å². The molecule has 6 heteroatoms. The normalized spacial score (nSPS) is 12.1. The quantitative estimate of drug-likeness (QED) is 0.0261. The lowest BCUT2D eigenvalue weighted by Gasteiger charge is -2.18. The predicted molar refractivity (Wildman–Crippen MR) is 340 cm³/mol. The molecule has 0 amide bonds. The highest BCUT2D eigenvalue weighted by Gasteiger charge is 2.19. The Bertz CT molecular complexity index is 1260. The molecular weight excluding hydrogens is 961 g/mol. The van der Waals surface area contributed by atoms with Crippen molar-refractivity contribution in [3.8, 4) is 0 Å². The van der Waals surface area contributed by atoms with E-state index in [9.17, 15) is 14.4 Å². The first-order chi connectivity index (χ1) is 38.5. The summed E-state index contributed by atoms with van der Waals surface area (Å²) in [7, 11) is 0. The third-order valence-electron chi connectivity index (χ3n) is 16.2. The fourth-order valence-corrected chi connectivity index (χ4v) is 10.9. The van der Waals surface area contributed by atoms with Gasteiger partial charge in [-0.05, 0) is 51.4 Å². The molecule has 0 aromatic carbocycles. The Morgan fingerprint density at radius 1 is 0.256 bits per heavy atom. The molecule has 0 aromatic heterocycles. The third-order valence-corrected chi connectivity index (χ3v) is 16.2. The predicted octanol–water partition coefficient (Wildman–Crippen LogP) is 24.2. The van der Waals surface area contributed by atoms with Crippen LogP contribution in [0.4, 0.5) is 0 Å². The van der Waals surface area contributed by atoms with Gasteiger partial charge in [0.15, 0.2) is 6.10 Å². The van der Waals surface area contributed by atoms with Gasteiger partial charge < -0.3 is 14.2 Å². The minimum atomic E-state index is -0.774. The van der Waals surface area contributed by atoms with E-state index in [0.29, 0.717) is 19.3 Å². The van der Waals surface area contributed by atoms with Crippen molar-refractivity contribution in [3.63, 3.8) is 0 Å². The highest BCUT2D eigenvalue weighted by molar-refractivity contribution is 5.71. The summed E-state index contributed by atoms with van der Waals surface area (Å²) in [4.78, 5) is 38.4. The standard InChI is InChI=1S/C72H136O6/c1-4-7-10-13-16-19-22-25-28-30-31-32-33-34-35-36-37-38-39-40-41-42-45-47-50-53-56-59-62-65-71(74)77-68-69(67-76-70(73)64-61-58-55-52-49-46-43-27-24-21-18-15-12-9-6-3)78-72(75)66-63-60-57-54-51-48-44-29-26-23-20-17-14-11-8-5-2/h18,21,27,43,69H,4-17,19-20,22-26,28-42,44-68H2,1-3H3/b21-18-,43-27-. The molecular formula is C72H136O6. The number of ether oxygens (including phenoxy) is 3. The van der Waals surface area contributed by atoms with E-state index in [4.69, 9.17) is 14.2 Å². The Hall–Kier alpha value is -2.11. The number of carbonyl (C=O) groups is 3. The monoisotopic (exact) mass is 1100 g/mol. The summed E-state index contributed by atoms with van der Waals surface area (Å²) < 4.78 is 17.0. The first-order valence-electron chi connectivity index (χ1n) is 35.3. The van der Waals surface area contributed by atoms with E-state index < -0.39 is 6.10 Å². The van der Waals surface area contributed by atoms with E-state index in [0.717, 1.165) is 77.0 Å². The van der Waals surface area contributed by atoms with Crippen LogP contribution in [-0.4, -0.2) is 37.2 Å². The number of rotatable bonds is 66. The highest BCUT2D eigenvalue weighted by Crippen LogP contribution is 2.19. The molecule has 0 aliphatic heterocycles. The molecule has 1 atom stereocenters. The summed E-state index contributed by atoms with van der Waals surface area (Å²) in [6.07, 6.45) is 82.2. The van der Waals surface area contributed by atoms with Gasteiger partial charge in [0.05, 0.1) is 0 Å². The van der Waals surface area contributed by atoms with Gasteiger partial charge in [-0.1, -0.05) is 353 Å². The van der Waals surface area contributed by atoms with E-state index in [2.05, 4.69) is 45.1 Å². The lowest BCUT2D eigenvalue weighted by atomic mass is 10.0. The molecule has 0 saturated carbocycles. The van der Waals surface area contributed by atoms with Crippen LogP contribution in [0.1, 0.15) is 400 Å². The average molecular weight is 1100 g/mol. The maximum atomic E-state index is 12.9. The Kier molecular flexibility index (Phi) is 65.6. The van der Waals surface area contributed by atoms with Crippen LogP contribution < -0.4 is 0 Å². The average Bonchev–Trinajstić information content (AvgIpc) is 3.44. The van der Waals surface area contributed by atoms with Crippen molar-refractivity contribution in [1.82, 2.24) is 0 Å². The summed E-state index contributed by atoms with van der Waals surface area (Å²) in [5.41, 5.74) is 0. The number of esters is 3. The van der Waals surface area contributed by atoms with Gasteiger partial charge in [0.1, 0.15) is 13.2 Å². The molecule has 0 fully saturated rings. The maximum absolute atomic E-state index is 12.9. The second kappa shape index (κ2) is 67.4. The Morgan fingerprint density at radius 2 is 0.462 bits per heavy atom. The van der Waals surface area contributed by atoms with Crippen LogP contribution in [0, 0.1) is 0 Å². The van der Waals surface area contributed by atoms with Gasteiger partial charge in [0, 0.05) is 19.3 Å². The number of carbonyl (C=O) groups excluding carboxylic acids is 3. The molecule has 0 aliphatic rings. The van der Waals surface area contributed by atoms with Crippen molar-refractivity contribution < 1.29 is 28.6 Å². The van der Waals surface area contributed by atoms with Crippen LogP contribution >= 0.6 is 0 Å². The molecule has 460 valence electrons. The molecule has 0 aliphatic carbocycles. The third kappa shape index (κ3) is 64.7. The zero-order valence-corrected chi connectivity index (χ0v) is 53.0. The van der Waals surface area contributed by atoms with Crippen LogP contribution in [0.5, 0.6) is 0 Å². The second-order valence-electron chi connectivity index (χ2n) is 24.2. The SMILES string of the molecule is CCCCC/C=C\C/C=C\CCCCCCCC(=O)OCC(COC(=O)CCCCCCCCCCCCCCCCCCCCCCCCCCCCCCC)OC(=O)CCCCCCCCCCCCCCCCCC. The largest absolute Gasteiger partial charge is 0.462 e. The second-order valence-corrected chi connectivity index (χ2v) is 24.2. The molecule has 6 nitrogen and oxygen atoms in total. The molecule has 0 radical (unpaired) electrons. The fourth-order valence-electron chi connectivity index (χ4n) is 10.9. The number of hydrogen-bond acceptors (Lipinski definition) is 6. The molecule has 0 bridgehead atoms. The molecule has 78 heavy (non-hydrogen) atoms. The van der Waals surface area contributed by atoms with Crippen molar-refractivity contribution in [2.24, 2.45) is 0 Å². The Labute approximate surface area is 487 Å². The van der Waals surface area contributed by atoms with Crippen molar-refractivity contribution in [2.45, 2.75) is 406 Å².